The number of methoxy groups -OCH3 is 1. The molecule has 25 heavy (non-hydrogen) atoms. The largest absolute Gasteiger partial charge is 0.472 e. The summed E-state index contributed by atoms with van der Waals surface area (Å²) in [6.45, 7) is 4.56. The molecule has 0 unspecified atom stereocenters. The van der Waals surface area contributed by atoms with Crippen molar-refractivity contribution in [2.45, 2.75) is 39.5 Å². The van der Waals surface area contributed by atoms with Gasteiger partial charge in [-0.1, -0.05) is 32.1 Å². The molecule has 0 amide bonds. The average molecular weight is 344 g/mol. The van der Waals surface area contributed by atoms with Crippen LogP contribution < -0.4 is 0 Å². The van der Waals surface area contributed by atoms with Gasteiger partial charge < -0.3 is 14.3 Å². The molecule has 1 aromatic heterocycles. The Bertz CT molecular complexity index is 672. The summed E-state index contributed by atoms with van der Waals surface area (Å²) in [6.07, 6.45) is 13.2. The predicted molar refractivity (Wildman–Crippen MR) is 95.8 cm³/mol. The number of carbonyl (C=O) groups excluding carboxylic acids is 1. The van der Waals surface area contributed by atoms with Crippen molar-refractivity contribution in [2.24, 2.45) is 22.7 Å². The fourth-order valence-corrected chi connectivity index (χ4v) is 4.93. The maximum Gasteiger partial charge on any atom is 0.334 e. The van der Waals surface area contributed by atoms with Crippen molar-refractivity contribution in [2.75, 3.05) is 13.7 Å². The van der Waals surface area contributed by atoms with E-state index in [2.05, 4.69) is 19.9 Å². The van der Waals surface area contributed by atoms with Crippen molar-refractivity contribution < 1.29 is 19.1 Å². The van der Waals surface area contributed by atoms with Gasteiger partial charge in [0.2, 0.25) is 0 Å². The first kappa shape index (κ1) is 18.0. The Kier molecular flexibility index (Phi) is 4.92. The van der Waals surface area contributed by atoms with Crippen LogP contribution in [0.1, 0.15) is 38.7 Å². The van der Waals surface area contributed by atoms with Gasteiger partial charge >= 0.3 is 5.97 Å². The summed E-state index contributed by atoms with van der Waals surface area (Å²) in [5.41, 5.74) is 1.26. The molecule has 0 spiro atoms. The standard InChI is InChI=1S/C21H28O4/c1-15-7-11-21(14-22)17(19(23)24-3)5-4-6-18(21)20(15,2)10-8-16-9-12-25-13-16/h4-6,9,12-13,15,18,22H,7-8,10-11,14H2,1-3H3/t15-,18+,20+,21+/m0/s1. The highest BCUT2D eigenvalue weighted by molar-refractivity contribution is 5.91. The molecule has 1 aromatic rings. The summed E-state index contributed by atoms with van der Waals surface area (Å²) in [5, 5.41) is 10.4. The van der Waals surface area contributed by atoms with Gasteiger partial charge in [-0.05, 0) is 54.6 Å². The first-order chi connectivity index (χ1) is 12.0. The number of ether oxygens (including phenoxy) is 1. The minimum atomic E-state index is -0.542. The Morgan fingerprint density at radius 2 is 2.28 bits per heavy atom. The molecule has 2 aliphatic rings. The number of hydrogen-bond donors (Lipinski definition) is 1. The van der Waals surface area contributed by atoms with Gasteiger partial charge in [-0.3, -0.25) is 0 Å². The number of aryl methyl sites for hydroxylation is 1. The normalized spacial score (nSPS) is 34.3. The lowest BCUT2D eigenvalue weighted by atomic mass is 9.47. The summed E-state index contributed by atoms with van der Waals surface area (Å²) in [7, 11) is 1.41. The second-order valence-corrected chi connectivity index (χ2v) is 7.83. The second-order valence-electron chi connectivity index (χ2n) is 7.83. The quantitative estimate of drug-likeness (QED) is 0.823. The number of aliphatic hydroxyl groups is 1. The number of carbonyl (C=O) groups is 1. The SMILES string of the molecule is COC(=O)C1=CC=C[C@H]2[C@@]1(CO)CC[C@H](C)[C@@]2(C)CCc1ccoc1. The van der Waals surface area contributed by atoms with Crippen LogP contribution in [0.25, 0.3) is 0 Å². The van der Waals surface area contributed by atoms with Gasteiger partial charge in [0.05, 0.1) is 26.2 Å². The predicted octanol–water partition coefficient (Wildman–Crippen LogP) is 3.91. The Morgan fingerprint density at radius 1 is 1.48 bits per heavy atom. The van der Waals surface area contributed by atoms with Crippen LogP contribution in [-0.4, -0.2) is 24.8 Å². The van der Waals surface area contributed by atoms with E-state index >= 15 is 0 Å². The van der Waals surface area contributed by atoms with Crippen LogP contribution in [0.5, 0.6) is 0 Å². The first-order valence-corrected chi connectivity index (χ1v) is 9.07. The summed E-state index contributed by atoms with van der Waals surface area (Å²) in [5.74, 6) is 0.292. The molecule has 2 aliphatic carbocycles. The van der Waals surface area contributed by atoms with Gasteiger partial charge in [0.1, 0.15) is 0 Å². The molecule has 0 aromatic carbocycles. The number of fused-ring (bicyclic) bond motifs is 1. The Morgan fingerprint density at radius 3 is 2.92 bits per heavy atom. The highest BCUT2D eigenvalue weighted by atomic mass is 16.5. The number of esters is 1. The fraction of sp³-hybridized carbons (Fsp3) is 0.571. The molecule has 3 rings (SSSR count). The van der Waals surface area contributed by atoms with Crippen LogP contribution in [0.15, 0.2) is 46.8 Å². The molecule has 1 saturated carbocycles. The smallest absolute Gasteiger partial charge is 0.334 e. The maximum absolute atomic E-state index is 12.4. The molecule has 0 radical (unpaired) electrons. The van der Waals surface area contributed by atoms with E-state index in [0.717, 1.165) is 25.7 Å². The molecule has 0 saturated heterocycles. The van der Waals surface area contributed by atoms with E-state index in [9.17, 15) is 9.90 Å². The number of allylic oxidation sites excluding steroid dienone is 3. The molecule has 136 valence electrons. The number of hydrogen-bond acceptors (Lipinski definition) is 4. The van der Waals surface area contributed by atoms with E-state index in [4.69, 9.17) is 9.15 Å². The zero-order valence-corrected chi connectivity index (χ0v) is 15.3. The first-order valence-electron chi connectivity index (χ1n) is 9.07. The number of aliphatic hydroxyl groups excluding tert-OH is 1. The molecule has 1 fully saturated rings. The third-order valence-corrected chi connectivity index (χ3v) is 6.78. The third kappa shape index (κ3) is 2.86. The molecule has 1 heterocycles. The third-order valence-electron chi connectivity index (χ3n) is 6.78. The summed E-state index contributed by atoms with van der Waals surface area (Å²) in [4.78, 5) is 12.4. The van der Waals surface area contributed by atoms with Gasteiger partial charge in [-0.15, -0.1) is 0 Å². The van der Waals surface area contributed by atoms with Crippen LogP contribution >= 0.6 is 0 Å². The summed E-state index contributed by atoms with van der Waals surface area (Å²) < 4.78 is 10.2. The van der Waals surface area contributed by atoms with Crippen molar-refractivity contribution in [1.29, 1.82) is 0 Å². The minimum Gasteiger partial charge on any atom is -0.472 e. The van der Waals surface area contributed by atoms with E-state index < -0.39 is 5.41 Å². The van der Waals surface area contributed by atoms with E-state index in [1.165, 1.54) is 12.7 Å². The Hall–Kier alpha value is -1.81. The van der Waals surface area contributed by atoms with E-state index in [-0.39, 0.29) is 23.9 Å². The Balaban J connectivity index is 1.95. The lowest BCUT2D eigenvalue weighted by Gasteiger charge is -2.56. The summed E-state index contributed by atoms with van der Waals surface area (Å²) in [6, 6.07) is 2.01. The minimum absolute atomic E-state index is 0.0116. The van der Waals surface area contributed by atoms with Crippen molar-refractivity contribution in [3.63, 3.8) is 0 Å². The molecule has 1 N–H and O–H groups in total. The van der Waals surface area contributed by atoms with Gasteiger partial charge in [-0.2, -0.15) is 0 Å². The molecular formula is C21H28O4. The van der Waals surface area contributed by atoms with E-state index in [0.29, 0.717) is 11.5 Å². The molecule has 4 nitrogen and oxygen atoms in total. The van der Waals surface area contributed by atoms with Gasteiger partial charge in [-0.25, -0.2) is 4.79 Å². The van der Waals surface area contributed by atoms with Crippen molar-refractivity contribution in [1.82, 2.24) is 0 Å². The molecule has 4 heteroatoms. The molecule has 4 atom stereocenters. The number of furan rings is 1. The van der Waals surface area contributed by atoms with Crippen LogP contribution in [0.2, 0.25) is 0 Å². The molecular weight excluding hydrogens is 316 g/mol. The van der Waals surface area contributed by atoms with Crippen LogP contribution in [-0.2, 0) is 16.0 Å². The Labute approximate surface area is 149 Å². The van der Waals surface area contributed by atoms with Gasteiger partial charge in [0, 0.05) is 11.0 Å². The van der Waals surface area contributed by atoms with Gasteiger partial charge in [0.25, 0.3) is 0 Å². The average Bonchev–Trinajstić information content (AvgIpc) is 3.16. The second kappa shape index (κ2) is 6.83. The lowest BCUT2D eigenvalue weighted by Crippen LogP contribution is -2.53. The zero-order chi connectivity index (χ0) is 18.1. The lowest BCUT2D eigenvalue weighted by molar-refractivity contribution is -0.140. The molecule has 0 aliphatic heterocycles. The van der Waals surface area contributed by atoms with Crippen LogP contribution in [0.4, 0.5) is 0 Å². The number of rotatable bonds is 5. The zero-order valence-electron chi connectivity index (χ0n) is 15.3. The van der Waals surface area contributed by atoms with Crippen molar-refractivity contribution >= 4 is 5.97 Å². The van der Waals surface area contributed by atoms with Gasteiger partial charge in [0.15, 0.2) is 0 Å². The van der Waals surface area contributed by atoms with Crippen molar-refractivity contribution in [3.8, 4) is 0 Å². The molecule has 0 bridgehead atoms. The maximum atomic E-state index is 12.4. The fourth-order valence-electron chi connectivity index (χ4n) is 4.93. The topological polar surface area (TPSA) is 59.7 Å². The van der Waals surface area contributed by atoms with Crippen LogP contribution in [0, 0.1) is 22.7 Å². The van der Waals surface area contributed by atoms with E-state index in [1.54, 1.807) is 12.5 Å². The monoisotopic (exact) mass is 344 g/mol. The highest BCUT2D eigenvalue weighted by Crippen LogP contribution is 2.60. The van der Waals surface area contributed by atoms with Crippen molar-refractivity contribution in [3.05, 3.63) is 48.0 Å². The summed E-state index contributed by atoms with van der Waals surface area (Å²) >= 11 is 0. The van der Waals surface area contributed by atoms with E-state index in [1.807, 2.05) is 18.2 Å². The highest BCUT2D eigenvalue weighted by Gasteiger charge is 2.56. The van der Waals surface area contributed by atoms with Crippen LogP contribution in [0.3, 0.4) is 0 Å².